The summed E-state index contributed by atoms with van der Waals surface area (Å²) in [5.41, 5.74) is 2.96. The highest BCUT2D eigenvalue weighted by atomic mass is 32.1. The van der Waals surface area contributed by atoms with Gasteiger partial charge in [0.2, 0.25) is 0 Å². The van der Waals surface area contributed by atoms with Crippen molar-refractivity contribution >= 4 is 34.8 Å². The van der Waals surface area contributed by atoms with Crippen molar-refractivity contribution in [3.05, 3.63) is 100 Å². The van der Waals surface area contributed by atoms with E-state index >= 15 is 0 Å². The highest BCUT2D eigenvalue weighted by molar-refractivity contribution is 7.07. The molecule has 0 fully saturated rings. The Labute approximate surface area is 211 Å². The average Bonchev–Trinajstić information content (AvgIpc) is 3.13. The zero-order valence-corrected chi connectivity index (χ0v) is 21.5. The number of ether oxygens (including phenoxy) is 1. The highest BCUT2D eigenvalue weighted by Crippen LogP contribution is 2.33. The van der Waals surface area contributed by atoms with Crippen molar-refractivity contribution in [2.24, 2.45) is 4.99 Å². The van der Waals surface area contributed by atoms with Gasteiger partial charge in [0.05, 0.1) is 33.4 Å². The summed E-state index contributed by atoms with van der Waals surface area (Å²) in [5.74, 6) is -0.611. The molecule has 9 nitrogen and oxygen atoms in total. The van der Waals surface area contributed by atoms with Crippen molar-refractivity contribution in [1.29, 1.82) is 0 Å². The first-order valence-corrected chi connectivity index (χ1v) is 12.2. The van der Waals surface area contributed by atoms with Gasteiger partial charge in [-0.25, -0.2) is 9.79 Å². The van der Waals surface area contributed by atoms with E-state index in [1.165, 1.54) is 22.0 Å². The summed E-state index contributed by atoms with van der Waals surface area (Å²) in [6, 6.07) is 11.6. The van der Waals surface area contributed by atoms with Gasteiger partial charge in [-0.15, -0.1) is 0 Å². The molecular weight excluding hydrogens is 480 g/mol. The normalized spacial score (nSPS) is 15.4. The Balaban J connectivity index is 1.94. The van der Waals surface area contributed by atoms with Crippen LogP contribution >= 0.6 is 11.3 Å². The van der Waals surface area contributed by atoms with Crippen LogP contribution in [0.2, 0.25) is 0 Å². The van der Waals surface area contributed by atoms with E-state index in [2.05, 4.69) is 4.99 Å². The van der Waals surface area contributed by atoms with Crippen LogP contribution in [0.3, 0.4) is 0 Å². The minimum Gasteiger partial charge on any atom is -0.463 e. The fourth-order valence-electron chi connectivity index (χ4n) is 4.12. The number of nitro groups is 1. The average molecular weight is 507 g/mol. The van der Waals surface area contributed by atoms with E-state index < -0.39 is 16.9 Å². The molecular formula is C26H26N4O5S. The molecule has 0 amide bonds. The SMILES string of the molecule is CCOC(=O)C1=C(C)N=c2s/c(=C/c3ccc(N(C)C)cc3)c(=O)n2[C@@H]1c1ccc(C)c([N+](=O)[O-])c1. The Bertz CT molecular complexity index is 1560. The lowest BCUT2D eigenvalue weighted by molar-refractivity contribution is -0.385. The van der Waals surface area contributed by atoms with Crippen LogP contribution in [-0.4, -0.2) is 36.2 Å². The number of benzene rings is 2. The van der Waals surface area contributed by atoms with Gasteiger partial charge in [0.1, 0.15) is 0 Å². The third-order valence-corrected chi connectivity index (χ3v) is 6.95. The lowest BCUT2D eigenvalue weighted by Gasteiger charge is -2.24. The summed E-state index contributed by atoms with van der Waals surface area (Å²) in [7, 11) is 3.90. The maximum absolute atomic E-state index is 13.7. The second-order valence-electron chi connectivity index (χ2n) is 8.59. The molecule has 0 radical (unpaired) electrons. The molecule has 0 saturated heterocycles. The van der Waals surface area contributed by atoms with Gasteiger partial charge in [-0.2, -0.15) is 0 Å². The lowest BCUT2D eigenvalue weighted by atomic mass is 9.94. The van der Waals surface area contributed by atoms with E-state index in [9.17, 15) is 19.7 Å². The van der Waals surface area contributed by atoms with Gasteiger partial charge in [-0.05, 0) is 50.1 Å². The Morgan fingerprint density at radius 3 is 2.53 bits per heavy atom. The van der Waals surface area contributed by atoms with E-state index in [-0.39, 0.29) is 23.4 Å². The second kappa shape index (κ2) is 9.90. The molecule has 0 saturated carbocycles. The van der Waals surface area contributed by atoms with Crippen molar-refractivity contribution in [2.75, 3.05) is 25.6 Å². The Hall–Kier alpha value is -4.05. The number of aryl methyl sites for hydroxylation is 1. The summed E-state index contributed by atoms with van der Waals surface area (Å²) in [4.78, 5) is 44.7. The van der Waals surface area contributed by atoms with Gasteiger partial charge in [0, 0.05) is 31.4 Å². The Kier molecular flexibility index (Phi) is 6.89. The maximum Gasteiger partial charge on any atom is 0.338 e. The number of aromatic nitrogens is 1. The molecule has 186 valence electrons. The first-order valence-electron chi connectivity index (χ1n) is 11.3. The first-order chi connectivity index (χ1) is 17.1. The lowest BCUT2D eigenvalue weighted by Crippen LogP contribution is -2.40. The number of carbonyl (C=O) groups is 1. The van der Waals surface area contributed by atoms with Crippen molar-refractivity contribution in [2.45, 2.75) is 26.8 Å². The summed E-state index contributed by atoms with van der Waals surface area (Å²) >= 11 is 1.21. The predicted molar refractivity (Wildman–Crippen MR) is 139 cm³/mol. The van der Waals surface area contributed by atoms with E-state index in [4.69, 9.17) is 4.74 Å². The van der Waals surface area contributed by atoms with Crippen LogP contribution in [0.15, 0.2) is 63.5 Å². The minimum absolute atomic E-state index is 0.0894. The number of hydrogen-bond donors (Lipinski definition) is 0. The van der Waals surface area contributed by atoms with Crippen LogP contribution in [-0.2, 0) is 9.53 Å². The molecule has 1 aliphatic heterocycles. The summed E-state index contributed by atoms with van der Waals surface area (Å²) in [6.07, 6.45) is 1.78. The van der Waals surface area contributed by atoms with E-state index in [1.54, 1.807) is 39.0 Å². The van der Waals surface area contributed by atoms with E-state index in [0.29, 0.717) is 26.2 Å². The predicted octanol–water partition coefficient (Wildman–Crippen LogP) is 3.08. The molecule has 0 bridgehead atoms. The quantitative estimate of drug-likeness (QED) is 0.289. The molecule has 1 aliphatic rings. The van der Waals surface area contributed by atoms with Gasteiger partial charge in [0.25, 0.3) is 11.2 Å². The molecule has 0 aliphatic carbocycles. The number of nitro benzene ring substituents is 1. The summed E-state index contributed by atoms with van der Waals surface area (Å²) in [6.45, 7) is 5.15. The van der Waals surface area contributed by atoms with Crippen molar-refractivity contribution in [3.8, 4) is 0 Å². The van der Waals surface area contributed by atoms with Crippen molar-refractivity contribution in [1.82, 2.24) is 4.57 Å². The summed E-state index contributed by atoms with van der Waals surface area (Å²) < 4.78 is 7.15. The molecule has 3 aromatic rings. The number of esters is 1. The fraction of sp³-hybridized carbons (Fsp3) is 0.269. The van der Waals surface area contributed by atoms with Crippen LogP contribution < -0.4 is 19.8 Å². The smallest absolute Gasteiger partial charge is 0.338 e. The minimum atomic E-state index is -0.905. The van der Waals surface area contributed by atoms with Crippen LogP contribution in [0.25, 0.3) is 6.08 Å². The van der Waals surface area contributed by atoms with Crippen molar-refractivity contribution < 1.29 is 14.5 Å². The maximum atomic E-state index is 13.7. The Morgan fingerprint density at radius 2 is 1.92 bits per heavy atom. The molecule has 2 aromatic carbocycles. The third-order valence-electron chi connectivity index (χ3n) is 5.97. The van der Waals surface area contributed by atoms with Crippen molar-refractivity contribution in [3.63, 3.8) is 0 Å². The van der Waals surface area contributed by atoms with Gasteiger partial charge in [-0.3, -0.25) is 19.5 Å². The van der Waals surface area contributed by atoms with Gasteiger partial charge in [-0.1, -0.05) is 35.6 Å². The van der Waals surface area contributed by atoms with Gasteiger partial charge < -0.3 is 9.64 Å². The van der Waals surface area contributed by atoms with Crippen LogP contribution in [0.1, 0.15) is 36.6 Å². The van der Waals surface area contributed by atoms with Crippen LogP contribution in [0, 0.1) is 17.0 Å². The molecule has 10 heteroatoms. The van der Waals surface area contributed by atoms with Gasteiger partial charge >= 0.3 is 5.97 Å². The number of thiazole rings is 1. The number of fused-ring (bicyclic) bond motifs is 1. The first kappa shape index (κ1) is 25.1. The fourth-order valence-corrected chi connectivity index (χ4v) is 5.17. The van der Waals surface area contributed by atoms with E-state index in [1.807, 2.05) is 43.3 Å². The standard InChI is InChI=1S/C26H26N4O5S/c1-6-35-25(32)22-16(3)27-26-29(23(22)18-10-7-15(2)20(14-18)30(33)34)24(31)21(36-26)13-17-8-11-19(12-9-17)28(4)5/h7-14,23H,6H2,1-5H3/b21-13+/t23-/m1/s1. The van der Waals surface area contributed by atoms with Gasteiger partial charge in [0.15, 0.2) is 4.80 Å². The summed E-state index contributed by atoms with van der Waals surface area (Å²) in [5, 5.41) is 11.6. The van der Waals surface area contributed by atoms with E-state index in [0.717, 1.165) is 11.3 Å². The molecule has 0 N–H and O–H groups in total. The molecule has 36 heavy (non-hydrogen) atoms. The monoisotopic (exact) mass is 506 g/mol. The Morgan fingerprint density at radius 1 is 1.22 bits per heavy atom. The zero-order chi connectivity index (χ0) is 26.1. The molecule has 0 spiro atoms. The third kappa shape index (κ3) is 4.59. The number of hydrogen-bond acceptors (Lipinski definition) is 8. The number of nitrogens with zero attached hydrogens (tertiary/aromatic N) is 4. The topological polar surface area (TPSA) is 107 Å². The number of carbonyl (C=O) groups excluding carboxylic acids is 1. The van der Waals surface area contributed by atoms with Crippen LogP contribution in [0.4, 0.5) is 11.4 Å². The highest BCUT2D eigenvalue weighted by Gasteiger charge is 2.34. The molecule has 0 unspecified atom stereocenters. The molecule has 4 rings (SSSR count). The second-order valence-corrected chi connectivity index (χ2v) is 9.60. The number of anilines is 1. The number of rotatable bonds is 6. The molecule has 1 aromatic heterocycles. The molecule has 2 heterocycles. The number of allylic oxidation sites excluding steroid dienone is 1. The largest absolute Gasteiger partial charge is 0.463 e. The zero-order valence-electron chi connectivity index (χ0n) is 20.6. The molecule has 1 atom stereocenters. The van der Waals surface area contributed by atoms with Crippen LogP contribution in [0.5, 0.6) is 0 Å².